The molecule has 1 saturated heterocycles. The van der Waals surface area contributed by atoms with E-state index in [2.05, 4.69) is 0 Å². The molecule has 1 N–H and O–H groups in total. The van der Waals surface area contributed by atoms with Gasteiger partial charge in [-0.15, -0.1) is 0 Å². The van der Waals surface area contributed by atoms with Gasteiger partial charge >= 0.3 is 6.18 Å². The summed E-state index contributed by atoms with van der Waals surface area (Å²) >= 11 is 0. The van der Waals surface area contributed by atoms with Crippen LogP contribution in [0.5, 0.6) is 0 Å². The Morgan fingerprint density at radius 3 is 2.21 bits per heavy atom. The van der Waals surface area contributed by atoms with Crippen molar-refractivity contribution in [1.29, 1.82) is 0 Å². The van der Waals surface area contributed by atoms with Gasteiger partial charge in [0.25, 0.3) is 0 Å². The first-order valence-corrected chi connectivity index (χ1v) is 6.27. The Morgan fingerprint density at radius 1 is 1.16 bits per heavy atom. The zero-order valence-electron chi connectivity index (χ0n) is 10.9. The highest BCUT2D eigenvalue weighted by Crippen LogP contribution is 2.43. The zero-order valence-corrected chi connectivity index (χ0v) is 10.9. The second-order valence-corrected chi connectivity index (χ2v) is 5.24. The first-order chi connectivity index (χ1) is 8.72. The Bertz CT molecular complexity index is 446. The zero-order chi connectivity index (χ0) is 14.3. The molecule has 1 aliphatic rings. The molecule has 106 valence electrons. The van der Waals surface area contributed by atoms with Gasteiger partial charge in [0.05, 0.1) is 23.4 Å². The van der Waals surface area contributed by atoms with E-state index >= 15 is 0 Å². The van der Waals surface area contributed by atoms with Gasteiger partial charge in [0, 0.05) is 12.8 Å². The smallest absolute Gasteiger partial charge is 0.385 e. The van der Waals surface area contributed by atoms with Crippen molar-refractivity contribution in [3.8, 4) is 0 Å². The molecule has 2 atom stereocenters. The lowest BCUT2D eigenvalue weighted by Gasteiger charge is -2.40. The third-order valence-electron chi connectivity index (χ3n) is 3.45. The van der Waals surface area contributed by atoms with E-state index in [4.69, 9.17) is 4.74 Å². The van der Waals surface area contributed by atoms with Crippen molar-refractivity contribution in [3.05, 3.63) is 35.4 Å². The summed E-state index contributed by atoms with van der Waals surface area (Å²) in [6, 6.07) is 5.22. The first-order valence-electron chi connectivity index (χ1n) is 6.27. The van der Waals surface area contributed by atoms with Gasteiger partial charge in [-0.2, -0.15) is 13.2 Å². The average Bonchev–Trinajstić information content (AvgIpc) is 2.26. The molecule has 0 aliphatic carbocycles. The summed E-state index contributed by atoms with van der Waals surface area (Å²) in [4.78, 5) is 0. The highest BCUT2D eigenvalue weighted by Gasteiger charge is 2.44. The van der Waals surface area contributed by atoms with Gasteiger partial charge in [0.15, 0.2) is 0 Å². The van der Waals surface area contributed by atoms with Crippen LogP contribution in [0.3, 0.4) is 0 Å². The normalized spacial score (nSPS) is 32.3. The summed E-state index contributed by atoms with van der Waals surface area (Å²) in [7, 11) is 0. The van der Waals surface area contributed by atoms with Crippen LogP contribution in [-0.4, -0.2) is 17.3 Å². The van der Waals surface area contributed by atoms with Gasteiger partial charge in [0.2, 0.25) is 0 Å². The van der Waals surface area contributed by atoms with Gasteiger partial charge in [-0.3, -0.25) is 0 Å². The molecule has 0 bridgehead atoms. The lowest BCUT2D eigenvalue weighted by molar-refractivity contribution is -0.154. The molecule has 1 heterocycles. The van der Waals surface area contributed by atoms with E-state index in [1.54, 1.807) is 13.8 Å². The number of halogens is 3. The van der Waals surface area contributed by atoms with Crippen molar-refractivity contribution in [2.24, 2.45) is 0 Å². The van der Waals surface area contributed by atoms with Crippen molar-refractivity contribution in [1.82, 2.24) is 0 Å². The summed E-state index contributed by atoms with van der Waals surface area (Å²) in [5.74, 6) is 0. The number of rotatable bonds is 1. The third-order valence-corrected chi connectivity index (χ3v) is 3.45. The maximum absolute atomic E-state index is 13.0. The molecule has 1 aliphatic heterocycles. The van der Waals surface area contributed by atoms with Gasteiger partial charge in [-0.1, -0.05) is 18.2 Å². The number of benzene rings is 1. The Kier molecular flexibility index (Phi) is 3.62. The second-order valence-electron chi connectivity index (χ2n) is 5.24. The van der Waals surface area contributed by atoms with Crippen LogP contribution in [0.15, 0.2) is 24.3 Å². The van der Waals surface area contributed by atoms with Crippen molar-refractivity contribution in [2.45, 2.75) is 50.7 Å². The Hall–Kier alpha value is -1.07. The molecule has 0 amide bonds. The Labute approximate surface area is 110 Å². The third kappa shape index (κ3) is 2.92. The standard InChI is InChI=1S/C14H17F3O2/c1-9-7-13(18,8-10(2)19-9)11-5-3-4-6-12(11)14(15,16)17/h3-6,9-10,18H,7-8H2,1-2H3. The lowest BCUT2D eigenvalue weighted by Crippen LogP contribution is -2.42. The van der Waals surface area contributed by atoms with E-state index < -0.39 is 17.3 Å². The summed E-state index contributed by atoms with van der Waals surface area (Å²) in [5.41, 5.74) is -2.30. The number of hydrogen-bond acceptors (Lipinski definition) is 2. The summed E-state index contributed by atoms with van der Waals surface area (Å²) in [6.07, 6.45) is -4.66. The largest absolute Gasteiger partial charge is 0.416 e. The van der Waals surface area contributed by atoms with E-state index in [0.29, 0.717) is 0 Å². The van der Waals surface area contributed by atoms with Gasteiger partial charge < -0.3 is 9.84 Å². The maximum atomic E-state index is 13.0. The molecule has 5 heteroatoms. The number of alkyl halides is 3. The average molecular weight is 274 g/mol. The highest BCUT2D eigenvalue weighted by molar-refractivity contribution is 5.35. The summed E-state index contributed by atoms with van der Waals surface area (Å²) < 4.78 is 44.6. The molecule has 1 aromatic carbocycles. The van der Waals surface area contributed by atoms with Crippen LogP contribution in [-0.2, 0) is 16.5 Å². The Morgan fingerprint density at radius 2 is 1.68 bits per heavy atom. The van der Waals surface area contributed by atoms with Gasteiger partial charge in [-0.05, 0) is 25.5 Å². The molecule has 2 unspecified atom stereocenters. The molecule has 0 saturated carbocycles. The summed E-state index contributed by atoms with van der Waals surface area (Å²) in [6.45, 7) is 3.52. The van der Waals surface area contributed by atoms with Crippen molar-refractivity contribution < 1.29 is 23.0 Å². The summed E-state index contributed by atoms with van der Waals surface area (Å²) in [5, 5.41) is 10.6. The van der Waals surface area contributed by atoms with Crippen LogP contribution in [0.4, 0.5) is 13.2 Å². The molecule has 0 radical (unpaired) electrons. The quantitative estimate of drug-likeness (QED) is 0.849. The van der Waals surface area contributed by atoms with Gasteiger partial charge in [-0.25, -0.2) is 0 Å². The molecule has 0 aromatic heterocycles. The first kappa shape index (κ1) is 14.3. The van der Waals surface area contributed by atoms with Crippen LogP contribution in [0.25, 0.3) is 0 Å². The predicted octanol–water partition coefficient (Wildman–Crippen LogP) is 3.48. The van der Waals surface area contributed by atoms with E-state index in [1.165, 1.54) is 18.2 Å². The molecule has 2 rings (SSSR count). The van der Waals surface area contributed by atoms with Crippen LogP contribution in [0.1, 0.15) is 37.8 Å². The molecule has 2 nitrogen and oxygen atoms in total. The number of ether oxygens (including phenoxy) is 1. The molecule has 1 aromatic rings. The van der Waals surface area contributed by atoms with Crippen LogP contribution < -0.4 is 0 Å². The predicted molar refractivity (Wildman–Crippen MR) is 64.6 cm³/mol. The molecule has 19 heavy (non-hydrogen) atoms. The second kappa shape index (κ2) is 4.80. The molecule has 0 spiro atoms. The monoisotopic (exact) mass is 274 g/mol. The van der Waals surface area contributed by atoms with E-state index in [9.17, 15) is 18.3 Å². The van der Waals surface area contributed by atoms with E-state index in [0.717, 1.165) is 6.07 Å². The van der Waals surface area contributed by atoms with Crippen LogP contribution in [0, 0.1) is 0 Å². The molecular weight excluding hydrogens is 257 g/mol. The number of aliphatic hydroxyl groups is 1. The van der Waals surface area contributed by atoms with Crippen molar-refractivity contribution >= 4 is 0 Å². The SMILES string of the molecule is CC1CC(O)(c2ccccc2C(F)(F)F)CC(C)O1. The Balaban J connectivity index is 2.46. The van der Waals surface area contributed by atoms with E-state index in [-0.39, 0.29) is 30.6 Å². The number of hydrogen-bond donors (Lipinski definition) is 1. The minimum atomic E-state index is -4.46. The van der Waals surface area contributed by atoms with Crippen LogP contribution >= 0.6 is 0 Å². The molecule has 1 fully saturated rings. The fraction of sp³-hybridized carbons (Fsp3) is 0.571. The lowest BCUT2D eigenvalue weighted by atomic mass is 9.79. The van der Waals surface area contributed by atoms with Crippen LogP contribution in [0.2, 0.25) is 0 Å². The van der Waals surface area contributed by atoms with Crippen molar-refractivity contribution in [3.63, 3.8) is 0 Å². The minimum Gasteiger partial charge on any atom is -0.385 e. The van der Waals surface area contributed by atoms with Crippen molar-refractivity contribution in [2.75, 3.05) is 0 Å². The minimum absolute atomic E-state index is 0.0514. The van der Waals surface area contributed by atoms with Gasteiger partial charge in [0.1, 0.15) is 0 Å². The maximum Gasteiger partial charge on any atom is 0.416 e. The highest BCUT2D eigenvalue weighted by atomic mass is 19.4. The fourth-order valence-electron chi connectivity index (χ4n) is 2.88. The fourth-order valence-corrected chi connectivity index (χ4v) is 2.88. The van der Waals surface area contributed by atoms with E-state index in [1.807, 2.05) is 0 Å². The molecular formula is C14H17F3O2. The topological polar surface area (TPSA) is 29.5 Å².